The van der Waals surface area contributed by atoms with Crippen LogP contribution in [0.5, 0.6) is 0 Å². The molecule has 0 aliphatic heterocycles. The van der Waals surface area contributed by atoms with E-state index < -0.39 is 0 Å². The maximum absolute atomic E-state index is 12.1. The summed E-state index contributed by atoms with van der Waals surface area (Å²) in [7, 11) is 0. The fourth-order valence-corrected chi connectivity index (χ4v) is 4.05. The Balaban J connectivity index is 1.63. The predicted octanol–water partition coefficient (Wildman–Crippen LogP) is 4.48. The second-order valence-corrected chi connectivity index (χ2v) is 6.53. The Kier molecular flexibility index (Phi) is 5.94. The molecule has 0 unspecified atom stereocenters. The molecule has 1 N–H and O–H groups in total. The lowest BCUT2D eigenvalue weighted by molar-refractivity contribution is 0.0762. The van der Waals surface area contributed by atoms with Gasteiger partial charge in [0.1, 0.15) is 0 Å². The molecule has 0 aromatic heterocycles. The third-order valence-electron chi connectivity index (χ3n) is 5.30. The van der Waals surface area contributed by atoms with E-state index in [0.717, 1.165) is 43.4 Å². The molecule has 2 heteroatoms. The highest BCUT2D eigenvalue weighted by atomic mass is 19.1. The van der Waals surface area contributed by atoms with Crippen LogP contribution in [0, 0.1) is 17.8 Å². The van der Waals surface area contributed by atoms with Gasteiger partial charge in [-0.3, -0.25) is 4.39 Å². The Hall–Kier alpha value is -0.110. The van der Waals surface area contributed by atoms with Crippen molar-refractivity contribution in [3.05, 3.63) is 0 Å². The highest BCUT2D eigenvalue weighted by Gasteiger charge is 2.30. The summed E-state index contributed by atoms with van der Waals surface area (Å²) in [4.78, 5) is 0. The second kappa shape index (κ2) is 7.47. The van der Waals surface area contributed by atoms with Gasteiger partial charge in [-0.1, -0.05) is 25.7 Å². The van der Waals surface area contributed by atoms with E-state index in [-0.39, 0.29) is 12.8 Å². The van der Waals surface area contributed by atoms with Crippen molar-refractivity contribution in [3.63, 3.8) is 0 Å². The van der Waals surface area contributed by atoms with E-state index in [1.165, 1.54) is 44.9 Å². The molecule has 0 amide bonds. The zero-order valence-electron chi connectivity index (χ0n) is 11.6. The number of rotatable bonds is 5. The molecule has 2 rings (SSSR count). The van der Waals surface area contributed by atoms with Gasteiger partial charge >= 0.3 is 0 Å². The summed E-state index contributed by atoms with van der Waals surface area (Å²) in [6.45, 7) is -0.139. The van der Waals surface area contributed by atoms with Gasteiger partial charge in [0, 0.05) is 0 Å². The van der Waals surface area contributed by atoms with E-state index in [1.807, 2.05) is 0 Å². The summed E-state index contributed by atoms with van der Waals surface area (Å²) in [6.07, 6.45) is 13.2. The Bertz CT molecular complexity index is 215. The summed E-state index contributed by atoms with van der Waals surface area (Å²) >= 11 is 0. The summed E-state index contributed by atoms with van der Waals surface area (Å²) in [5.41, 5.74) is 0. The van der Waals surface area contributed by atoms with Crippen LogP contribution in [0.15, 0.2) is 0 Å². The van der Waals surface area contributed by atoms with Crippen molar-refractivity contribution >= 4 is 0 Å². The summed E-state index contributed by atoms with van der Waals surface area (Å²) in [6, 6.07) is 0. The Labute approximate surface area is 111 Å². The van der Waals surface area contributed by atoms with Crippen molar-refractivity contribution in [2.24, 2.45) is 17.8 Å². The number of alkyl halides is 1. The molecule has 0 aromatic rings. The van der Waals surface area contributed by atoms with Gasteiger partial charge in [-0.05, 0) is 62.7 Å². The molecular formula is C16H29FO. The van der Waals surface area contributed by atoms with Gasteiger partial charge in [-0.15, -0.1) is 0 Å². The SMILES string of the molecule is OC1CCC(C2CCC(CCCCF)CC2)CC1. The molecule has 0 aromatic carbocycles. The smallest absolute Gasteiger partial charge is 0.0894 e. The van der Waals surface area contributed by atoms with Crippen molar-refractivity contribution in [1.29, 1.82) is 0 Å². The maximum atomic E-state index is 12.1. The van der Waals surface area contributed by atoms with Gasteiger partial charge in [0.15, 0.2) is 0 Å². The van der Waals surface area contributed by atoms with E-state index in [9.17, 15) is 9.50 Å². The average Bonchev–Trinajstić information content (AvgIpc) is 2.41. The van der Waals surface area contributed by atoms with Crippen LogP contribution < -0.4 is 0 Å². The van der Waals surface area contributed by atoms with Gasteiger partial charge in [0.05, 0.1) is 12.8 Å². The fraction of sp³-hybridized carbons (Fsp3) is 1.00. The zero-order valence-corrected chi connectivity index (χ0v) is 11.6. The van der Waals surface area contributed by atoms with Crippen LogP contribution >= 0.6 is 0 Å². The first kappa shape index (κ1) is 14.3. The van der Waals surface area contributed by atoms with Crippen molar-refractivity contribution in [3.8, 4) is 0 Å². The van der Waals surface area contributed by atoms with Crippen LogP contribution in [0.3, 0.4) is 0 Å². The van der Waals surface area contributed by atoms with Crippen molar-refractivity contribution in [2.45, 2.75) is 76.7 Å². The van der Waals surface area contributed by atoms with Crippen LogP contribution in [0.4, 0.5) is 4.39 Å². The number of aliphatic hydroxyl groups is 1. The van der Waals surface area contributed by atoms with Gasteiger partial charge in [-0.2, -0.15) is 0 Å². The van der Waals surface area contributed by atoms with Crippen LogP contribution in [-0.4, -0.2) is 17.9 Å². The van der Waals surface area contributed by atoms with Gasteiger partial charge in [0.25, 0.3) is 0 Å². The lowest BCUT2D eigenvalue weighted by Gasteiger charge is -2.37. The van der Waals surface area contributed by atoms with E-state index in [0.29, 0.717) is 0 Å². The number of aliphatic hydroxyl groups excluding tert-OH is 1. The second-order valence-electron chi connectivity index (χ2n) is 6.53. The first-order chi connectivity index (χ1) is 8.79. The minimum Gasteiger partial charge on any atom is -0.393 e. The Morgan fingerprint density at radius 3 is 1.89 bits per heavy atom. The molecule has 0 bridgehead atoms. The summed E-state index contributed by atoms with van der Waals surface area (Å²) in [5, 5.41) is 9.56. The molecule has 0 radical (unpaired) electrons. The molecule has 0 spiro atoms. The number of unbranched alkanes of at least 4 members (excludes halogenated alkanes) is 1. The Morgan fingerprint density at radius 2 is 1.33 bits per heavy atom. The van der Waals surface area contributed by atoms with Crippen LogP contribution in [0.1, 0.15) is 70.6 Å². The molecule has 2 saturated carbocycles. The molecule has 2 aliphatic rings. The normalized spacial score (nSPS) is 37.7. The van der Waals surface area contributed by atoms with Gasteiger partial charge < -0.3 is 5.11 Å². The molecule has 1 nitrogen and oxygen atoms in total. The van der Waals surface area contributed by atoms with E-state index in [2.05, 4.69) is 0 Å². The molecule has 18 heavy (non-hydrogen) atoms. The highest BCUT2D eigenvalue weighted by molar-refractivity contribution is 4.81. The topological polar surface area (TPSA) is 20.2 Å². The lowest BCUT2D eigenvalue weighted by Crippen LogP contribution is -2.27. The molecule has 2 fully saturated rings. The van der Waals surface area contributed by atoms with Crippen LogP contribution in [0.25, 0.3) is 0 Å². The monoisotopic (exact) mass is 256 g/mol. The van der Waals surface area contributed by atoms with Gasteiger partial charge in [-0.25, -0.2) is 0 Å². The average molecular weight is 256 g/mol. The van der Waals surface area contributed by atoms with Crippen molar-refractivity contribution in [1.82, 2.24) is 0 Å². The predicted molar refractivity (Wildman–Crippen MR) is 73.2 cm³/mol. The number of hydrogen-bond acceptors (Lipinski definition) is 1. The Morgan fingerprint density at radius 1 is 0.778 bits per heavy atom. The molecule has 2 aliphatic carbocycles. The largest absolute Gasteiger partial charge is 0.393 e. The van der Waals surface area contributed by atoms with Crippen molar-refractivity contribution in [2.75, 3.05) is 6.67 Å². The molecule has 0 atom stereocenters. The zero-order chi connectivity index (χ0) is 12.8. The number of halogens is 1. The fourth-order valence-electron chi connectivity index (χ4n) is 4.05. The maximum Gasteiger partial charge on any atom is 0.0894 e. The van der Waals surface area contributed by atoms with E-state index in [1.54, 1.807) is 0 Å². The third-order valence-corrected chi connectivity index (χ3v) is 5.30. The van der Waals surface area contributed by atoms with Gasteiger partial charge in [0.2, 0.25) is 0 Å². The van der Waals surface area contributed by atoms with Crippen LogP contribution in [-0.2, 0) is 0 Å². The molecule has 0 heterocycles. The minimum atomic E-state index is -0.139. The highest BCUT2D eigenvalue weighted by Crippen LogP contribution is 2.41. The molecular weight excluding hydrogens is 227 g/mol. The first-order valence-electron chi connectivity index (χ1n) is 8.03. The van der Waals surface area contributed by atoms with E-state index in [4.69, 9.17) is 0 Å². The minimum absolute atomic E-state index is 0.0155. The lowest BCUT2D eigenvalue weighted by atomic mass is 9.70. The quantitative estimate of drug-likeness (QED) is 0.719. The summed E-state index contributed by atoms with van der Waals surface area (Å²) < 4.78 is 12.1. The van der Waals surface area contributed by atoms with E-state index >= 15 is 0 Å². The molecule has 0 saturated heterocycles. The molecule has 106 valence electrons. The summed E-state index contributed by atoms with van der Waals surface area (Å²) in [5.74, 6) is 2.69. The standard InChI is InChI=1S/C16H29FO/c17-12-2-1-3-13-4-6-14(7-5-13)15-8-10-16(18)11-9-15/h13-16,18H,1-12H2. The number of hydrogen-bond donors (Lipinski definition) is 1. The van der Waals surface area contributed by atoms with Crippen molar-refractivity contribution < 1.29 is 9.50 Å². The first-order valence-corrected chi connectivity index (χ1v) is 8.03. The van der Waals surface area contributed by atoms with Crippen LogP contribution in [0.2, 0.25) is 0 Å². The third kappa shape index (κ3) is 4.22.